The van der Waals surface area contributed by atoms with E-state index in [9.17, 15) is 4.79 Å². The molecule has 1 aromatic rings. The molecule has 0 unspecified atom stereocenters. The number of unbranched alkanes of at least 4 members (excludes halogenated alkanes) is 1. The summed E-state index contributed by atoms with van der Waals surface area (Å²) in [5.74, 6) is -0.0420. The summed E-state index contributed by atoms with van der Waals surface area (Å²) in [6, 6.07) is 9.20. The van der Waals surface area contributed by atoms with Crippen LogP contribution in [-0.2, 0) is 4.74 Å². The predicted octanol–water partition coefficient (Wildman–Crippen LogP) is 2.23. The molecule has 0 heterocycles. The third-order valence-electron chi connectivity index (χ3n) is 2.21. The Labute approximate surface area is 96.8 Å². The van der Waals surface area contributed by atoms with Crippen LogP contribution in [0.15, 0.2) is 30.3 Å². The second-order valence-electron chi connectivity index (χ2n) is 3.59. The summed E-state index contributed by atoms with van der Waals surface area (Å²) in [6.07, 6.45) is 2.21. The van der Waals surface area contributed by atoms with Gasteiger partial charge in [0, 0.05) is 18.7 Å². The minimum atomic E-state index is -0.0420. The van der Waals surface area contributed by atoms with Crippen LogP contribution in [-0.4, -0.2) is 25.7 Å². The van der Waals surface area contributed by atoms with Gasteiger partial charge >= 0.3 is 0 Å². The Morgan fingerprint density at radius 1 is 1.25 bits per heavy atom. The van der Waals surface area contributed by atoms with Crippen molar-refractivity contribution in [1.82, 2.24) is 5.32 Å². The van der Waals surface area contributed by atoms with E-state index in [-0.39, 0.29) is 5.91 Å². The Bertz CT molecular complexity index is 298. The third-order valence-corrected chi connectivity index (χ3v) is 2.21. The van der Waals surface area contributed by atoms with Crippen molar-refractivity contribution in [2.24, 2.45) is 0 Å². The van der Waals surface area contributed by atoms with E-state index in [0.29, 0.717) is 18.7 Å². The molecule has 1 rings (SSSR count). The van der Waals surface area contributed by atoms with Crippen LogP contribution >= 0.6 is 0 Å². The molecule has 1 aromatic carbocycles. The first-order valence-electron chi connectivity index (χ1n) is 5.75. The topological polar surface area (TPSA) is 38.3 Å². The molecule has 0 bridgehead atoms. The highest BCUT2D eigenvalue weighted by Crippen LogP contribution is 1.97. The van der Waals surface area contributed by atoms with Crippen LogP contribution in [0, 0.1) is 0 Å². The van der Waals surface area contributed by atoms with Gasteiger partial charge in [-0.3, -0.25) is 4.79 Å². The molecule has 0 atom stereocenters. The van der Waals surface area contributed by atoms with Crippen molar-refractivity contribution in [1.29, 1.82) is 0 Å². The van der Waals surface area contributed by atoms with Gasteiger partial charge in [0.05, 0.1) is 6.61 Å². The van der Waals surface area contributed by atoms with E-state index < -0.39 is 0 Å². The molecule has 3 nitrogen and oxygen atoms in total. The number of carbonyl (C=O) groups is 1. The number of carbonyl (C=O) groups excluding carboxylic acids is 1. The number of benzene rings is 1. The molecule has 0 aliphatic rings. The molecule has 0 aliphatic heterocycles. The van der Waals surface area contributed by atoms with Crippen molar-refractivity contribution in [2.75, 3.05) is 19.8 Å². The van der Waals surface area contributed by atoms with Crippen molar-refractivity contribution in [3.05, 3.63) is 35.9 Å². The van der Waals surface area contributed by atoms with Crippen LogP contribution < -0.4 is 5.32 Å². The summed E-state index contributed by atoms with van der Waals surface area (Å²) in [7, 11) is 0. The first kappa shape index (κ1) is 12.7. The summed E-state index contributed by atoms with van der Waals surface area (Å²) >= 11 is 0. The lowest BCUT2D eigenvalue weighted by atomic mass is 10.2. The minimum absolute atomic E-state index is 0.0420. The van der Waals surface area contributed by atoms with Crippen LogP contribution in [0.5, 0.6) is 0 Å². The Morgan fingerprint density at radius 3 is 2.69 bits per heavy atom. The number of hydrogen-bond donors (Lipinski definition) is 1. The molecule has 0 saturated heterocycles. The van der Waals surface area contributed by atoms with Crippen molar-refractivity contribution in [3.63, 3.8) is 0 Å². The number of nitrogens with one attached hydrogen (secondary N) is 1. The number of amides is 1. The fourth-order valence-electron chi connectivity index (χ4n) is 1.28. The summed E-state index contributed by atoms with van der Waals surface area (Å²) in [6.45, 7) is 4.05. The number of ether oxygens (including phenoxy) is 1. The average molecular weight is 221 g/mol. The van der Waals surface area contributed by atoms with E-state index in [1.54, 1.807) is 12.1 Å². The van der Waals surface area contributed by atoms with Gasteiger partial charge < -0.3 is 10.1 Å². The van der Waals surface area contributed by atoms with Gasteiger partial charge in [0.25, 0.3) is 5.91 Å². The molecular weight excluding hydrogens is 202 g/mol. The molecule has 0 radical (unpaired) electrons. The molecule has 0 aromatic heterocycles. The van der Waals surface area contributed by atoms with Gasteiger partial charge in [-0.15, -0.1) is 0 Å². The van der Waals surface area contributed by atoms with Crippen LogP contribution in [0.4, 0.5) is 0 Å². The van der Waals surface area contributed by atoms with Gasteiger partial charge in [0.1, 0.15) is 0 Å². The first-order valence-corrected chi connectivity index (χ1v) is 5.75. The molecule has 16 heavy (non-hydrogen) atoms. The Hall–Kier alpha value is -1.35. The van der Waals surface area contributed by atoms with Gasteiger partial charge in [0.2, 0.25) is 0 Å². The van der Waals surface area contributed by atoms with E-state index in [0.717, 1.165) is 19.4 Å². The maximum Gasteiger partial charge on any atom is 0.251 e. The smallest absolute Gasteiger partial charge is 0.251 e. The maximum atomic E-state index is 11.6. The monoisotopic (exact) mass is 221 g/mol. The SMILES string of the molecule is CCCCOCCNC(=O)c1ccccc1. The molecule has 0 aliphatic carbocycles. The van der Waals surface area contributed by atoms with Crippen molar-refractivity contribution in [2.45, 2.75) is 19.8 Å². The molecular formula is C13H19NO2. The lowest BCUT2D eigenvalue weighted by Crippen LogP contribution is -2.27. The van der Waals surface area contributed by atoms with Gasteiger partial charge in [-0.1, -0.05) is 31.5 Å². The molecule has 3 heteroatoms. The van der Waals surface area contributed by atoms with Crippen LogP contribution in [0.25, 0.3) is 0 Å². The summed E-state index contributed by atoms with van der Waals surface area (Å²) in [4.78, 5) is 11.6. The summed E-state index contributed by atoms with van der Waals surface area (Å²) < 4.78 is 5.35. The molecule has 0 saturated carbocycles. The van der Waals surface area contributed by atoms with E-state index in [2.05, 4.69) is 12.2 Å². The minimum Gasteiger partial charge on any atom is -0.380 e. The highest BCUT2D eigenvalue weighted by Gasteiger charge is 2.02. The molecule has 0 spiro atoms. The zero-order valence-corrected chi connectivity index (χ0v) is 9.74. The fraction of sp³-hybridized carbons (Fsp3) is 0.462. The van der Waals surface area contributed by atoms with Gasteiger partial charge in [0.15, 0.2) is 0 Å². The number of rotatable bonds is 7. The van der Waals surface area contributed by atoms with Gasteiger partial charge in [-0.2, -0.15) is 0 Å². The van der Waals surface area contributed by atoms with Crippen molar-refractivity contribution < 1.29 is 9.53 Å². The second kappa shape index (κ2) is 7.88. The zero-order valence-electron chi connectivity index (χ0n) is 9.74. The van der Waals surface area contributed by atoms with E-state index in [4.69, 9.17) is 4.74 Å². The fourth-order valence-corrected chi connectivity index (χ4v) is 1.28. The normalized spacial score (nSPS) is 10.1. The van der Waals surface area contributed by atoms with E-state index in [1.807, 2.05) is 18.2 Å². The zero-order chi connectivity index (χ0) is 11.6. The second-order valence-corrected chi connectivity index (χ2v) is 3.59. The number of hydrogen-bond acceptors (Lipinski definition) is 2. The highest BCUT2D eigenvalue weighted by molar-refractivity contribution is 5.94. The quantitative estimate of drug-likeness (QED) is 0.717. The Kier molecular flexibility index (Phi) is 6.26. The summed E-state index contributed by atoms with van der Waals surface area (Å²) in [5, 5.41) is 2.81. The van der Waals surface area contributed by atoms with Crippen molar-refractivity contribution in [3.8, 4) is 0 Å². The third kappa shape index (κ3) is 4.94. The highest BCUT2D eigenvalue weighted by atomic mass is 16.5. The largest absolute Gasteiger partial charge is 0.380 e. The van der Waals surface area contributed by atoms with Gasteiger partial charge in [-0.25, -0.2) is 0 Å². The van der Waals surface area contributed by atoms with Gasteiger partial charge in [-0.05, 0) is 18.6 Å². The first-order chi connectivity index (χ1) is 7.84. The lowest BCUT2D eigenvalue weighted by molar-refractivity contribution is 0.0913. The van der Waals surface area contributed by atoms with Crippen molar-refractivity contribution >= 4 is 5.91 Å². The van der Waals surface area contributed by atoms with Crippen LogP contribution in [0.3, 0.4) is 0 Å². The van der Waals surface area contributed by atoms with E-state index in [1.165, 1.54) is 0 Å². The molecule has 88 valence electrons. The molecule has 1 N–H and O–H groups in total. The summed E-state index contributed by atoms with van der Waals surface area (Å²) in [5.41, 5.74) is 0.691. The molecule has 0 fully saturated rings. The maximum absolute atomic E-state index is 11.6. The molecule has 1 amide bonds. The average Bonchev–Trinajstić information content (AvgIpc) is 2.34. The van der Waals surface area contributed by atoms with E-state index >= 15 is 0 Å². The Morgan fingerprint density at radius 2 is 2.00 bits per heavy atom. The predicted molar refractivity (Wildman–Crippen MR) is 64.5 cm³/mol. The Balaban J connectivity index is 2.12. The van der Waals surface area contributed by atoms with Crippen LogP contribution in [0.2, 0.25) is 0 Å². The van der Waals surface area contributed by atoms with Crippen LogP contribution in [0.1, 0.15) is 30.1 Å². The standard InChI is InChI=1S/C13H19NO2/c1-2-3-10-16-11-9-14-13(15)12-7-5-4-6-8-12/h4-8H,2-3,9-11H2,1H3,(H,14,15). The lowest BCUT2D eigenvalue weighted by Gasteiger charge is -2.05.